The van der Waals surface area contributed by atoms with E-state index in [1.165, 1.54) is 40.9 Å². The second kappa shape index (κ2) is 43.9. The van der Waals surface area contributed by atoms with E-state index in [2.05, 4.69) is 114 Å². The van der Waals surface area contributed by atoms with Gasteiger partial charge in [0.1, 0.15) is 52.3 Å². The Balaban J connectivity index is 0. The number of aromatic amines is 1. The Morgan fingerprint density at radius 2 is 1.10 bits per heavy atom. The Bertz CT molecular complexity index is 2760. The monoisotopic (exact) mass is 1270 g/mol. The number of nitrogens with zero attached hydrogens (tertiary/aromatic N) is 7. The van der Waals surface area contributed by atoms with Crippen LogP contribution in [0, 0.1) is 29.6 Å². The van der Waals surface area contributed by atoms with Gasteiger partial charge in [0.05, 0.1) is 17.3 Å². The number of hydroxylamine groups is 2. The number of thiophene rings is 1. The van der Waals surface area contributed by atoms with Crippen molar-refractivity contribution in [3.8, 4) is 23.0 Å². The standard InChI is InChI=1S/C8H10O3.C7H10O2.C7H10OS.2C6H10N2O.C6H10N2S.C6H9NOS.2C5H11NO.C4H8N4/c1-5(2)6-3-11-4-7(9)8(6)10;2*1-5(2)7-3-6(8)4-9-7;3*1-4(2)6-7-5(3)9-8-6;1-4(2)6-5(8)3-9-7-6;2*1-4(2)5(7)6-3;1-3(2)4-5-7-8-6-4/h3-5,9H,1-2H3;2*3-5,8H,1-2H3;3*4H,3H2,1-2H3,(H,7,8);3-4,8H,1-2H3;2*4H,1-3H3,(H,6,7);3H,1-2H3,(H,5,6,7,8). The van der Waals surface area contributed by atoms with Crippen LogP contribution in [0.15, 0.2) is 107 Å². The van der Waals surface area contributed by atoms with Crippen molar-refractivity contribution in [2.24, 2.45) is 44.6 Å². The smallest absolute Gasteiger partial charge is 0.240 e. The van der Waals surface area contributed by atoms with Crippen LogP contribution in [0.5, 0.6) is 23.0 Å². The van der Waals surface area contributed by atoms with Crippen LogP contribution >= 0.6 is 34.8 Å². The molecule has 0 radical (unpaired) electrons. The Hall–Kier alpha value is -7.65. The SMILES string of the molecule is C=C1N=C(C(C)C)NO1.C=C1N=C(C(C)C)NO1.C=C1N=C(C(C)C)NS1.CC(C)c1cc(O)co1.CC(C)c1cc(O)cs1.CC(C)c1cocc(O)c1=O.CC(C)c1nn[nH]n1.CC(C)c1nscc1O.CNC(=O)C(C)C.CNC(=O)C(C)C. The number of aromatic hydroxyl groups is 4. The van der Waals surface area contributed by atoms with Crippen molar-refractivity contribution in [2.75, 3.05) is 14.1 Å². The quantitative estimate of drug-likeness (QED) is 0.0581. The molecule has 8 rings (SSSR count). The molecule has 3 aliphatic heterocycles. The highest BCUT2D eigenvalue weighted by molar-refractivity contribution is 8.02. The maximum atomic E-state index is 11.1. The Morgan fingerprint density at radius 1 is 0.586 bits per heavy atom. The summed E-state index contributed by atoms with van der Waals surface area (Å²) in [7, 11) is 3.28. The lowest BCUT2D eigenvalue weighted by Gasteiger charge is -2.01. The fourth-order valence-electron chi connectivity index (χ4n) is 5.36. The summed E-state index contributed by atoms with van der Waals surface area (Å²) in [5.74, 6) is 9.15. The van der Waals surface area contributed by atoms with Gasteiger partial charge in [0.15, 0.2) is 17.3 Å². The molecule has 2 amide bonds. The summed E-state index contributed by atoms with van der Waals surface area (Å²) in [6.07, 6.45) is 3.75. The van der Waals surface area contributed by atoms with Crippen molar-refractivity contribution in [3.63, 3.8) is 0 Å². The highest BCUT2D eigenvalue weighted by atomic mass is 32.2. The number of aromatic nitrogens is 5. The Morgan fingerprint density at radius 3 is 1.30 bits per heavy atom. The minimum atomic E-state index is -0.341. The van der Waals surface area contributed by atoms with Crippen LogP contribution in [-0.2, 0) is 19.3 Å². The van der Waals surface area contributed by atoms with Gasteiger partial charge in [-0.25, -0.2) is 16.0 Å². The van der Waals surface area contributed by atoms with Crippen molar-refractivity contribution >= 4 is 64.1 Å². The van der Waals surface area contributed by atoms with E-state index in [0.29, 0.717) is 70.3 Å². The number of carbonyl (C=O) groups excluding carboxylic acids is 2. The molecule has 5 aromatic rings. The lowest BCUT2D eigenvalue weighted by molar-refractivity contribution is -0.124. The number of hydrogen-bond acceptors (Lipinski definition) is 24. The topological polar surface area (TPSA) is 341 Å². The lowest BCUT2D eigenvalue weighted by atomic mass is 10.1. The van der Waals surface area contributed by atoms with Gasteiger partial charge in [-0.05, 0) is 42.6 Å². The van der Waals surface area contributed by atoms with Crippen LogP contribution in [0.1, 0.15) is 196 Å². The first-order valence-corrected chi connectivity index (χ1v) is 30.8. The number of amidine groups is 3. The summed E-state index contributed by atoms with van der Waals surface area (Å²) in [5, 5.41) is 58.4. The highest BCUT2D eigenvalue weighted by Crippen LogP contribution is 2.27. The van der Waals surface area contributed by atoms with Crippen LogP contribution in [0.2, 0.25) is 0 Å². The van der Waals surface area contributed by atoms with Gasteiger partial charge in [0, 0.05) is 95.3 Å². The van der Waals surface area contributed by atoms with Gasteiger partial charge in [0.2, 0.25) is 29.0 Å². The number of nitrogens with one attached hydrogen (secondary N) is 6. The van der Waals surface area contributed by atoms with E-state index >= 15 is 0 Å². The van der Waals surface area contributed by atoms with Gasteiger partial charge in [-0.1, -0.05) is 150 Å². The first kappa shape index (κ1) is 81.4. The molecular formula is C60H99N13O11S3. The molecule has 5 aromatic heterocycles. The Labute approximate surface area is 527 Å². The summed E-state index contributed by atoms with van der Waals surface area (Å²) < 4.78 is 16.8. The summed E-state index contributed by atoms with van der Waals surface area (Å²) >= 11 is 4.39. The molecule has 0 aliphatic carbocycles. The van der Waals surface area contributed by atoms with E-state index in [9.17, 15) is 14.4 Å². The van der Waals surface area contributed by atoms with Crippen molar-refractivity contribution in [1.82, 2.24) is 51.3 Å². The van der Waals surface area contributed by atoms with Crippen molar-refractivity contribution < 1.29 is 48.5 Å². The number of amides is 2. The summed E-state index contributed by atoms with van der Waals surface area (Å²) in [4.78, 5) is 54.8. The van der Waals surface area contributed by atoms with Crippen molar-refractivity contribution in [1.29, 1.82) is 0 Å². The Kier molecular flexibility index (Phi) is 41.1. The molecule has 0 fully saturated rings. The van der Waals surface area contributed by atoms with Gasteiger partial charge in [-0.2, -0.15) is 19.6 Å². The van der Waals surface area contributed by atoms with Gasteiger partial charge in [0.25, 0.3) is 0 Å². The molecule has 24 nitrogen and oxygen atoms in total. The fourth-order valence-corrected chi connectivity index (χ4v) is 7.49. The van der Waals surface area contributed by atoms with Gasteiger partial charge in [-0.15, -0.1) is 21.5 Å². The molecule has 0 spiro atoms. The van der Waals surface area contributed by atoms with E-state index in [-0.39, 0.29) is 46.5 Å². The maximum Gasteiger partial charge on any atom is 0.240 e. The number of rotatable bonds is 10. The number of tetrazole rings is 1. The summed E-state index contributed by atoms with van der Waals surface area (Å²) in [6.45, 7) is 50.6. The molecule has 10 N–H and O–H groups in total. The first-order valence-electron chi connectivity index (χ1n) is 28.3. The highest BCUT2D eigenvalue weighted by Gasteiger charge is 2.15. The molecule has 8 heterocycles. The average molecular weight is 1270 g/mol. The normalized spacial score (nSPS) is 12.5. The van der Waals surface area contributed by atoms with E-state index in [1.807, 2.05) is 117 Å². The largest absolute Gasteiger partial charge is 0.507 e. The predicted octanol–water partition coefficient (Wildman–Crippen LogP) is 13.1. The average Bonchev–Trinajstić information content (AvgIpc) is 4.29. The molecular weight excluding hydrogens is 1170 g/mol. The molecule has 27 heteroatoms. The fraction of sp³-hybridized carbons (Fsp3) is 0.533. The second-order valence-electron chi connectivity index (χ2n) is 21.9. The molecule has 0 saturated heterocycles. The molecule has 0 saturated carbocycles. The number of hydrogen-bond donors (Lipinski definition) is 10. The van der Waals surface area contributed by atoms with E-state index in [4.69, 9.17) is 38.9 Å². The third-order valence-electron chi connectivity index (χ3n) is 10.6. The minimum Gasteiger partial charge on any atom is -0.507 e. The molecule has 488 valence electrons. The lowest BCUT2D eigenvalue weighted by Crippen LogP contribution is -2.22. The van der Waals surface area contributed by atoms with Crippen molar-refractivity contribution in [3.05, 3.63) is 116 Å². The van der Waals surface area contributed by atoms with Crippen LogP contribution in [0.3, 0.4) is 0 Å². The van der Waals surface area contributed by atoms with Crippen LogP contribution in [0.4, 0.5) is 0 Å². The predicted molar refractivity (Wildman–Crippen MR) is 353 cm³/mol. The van der Waals surface area contributed by atoms with E-state index in [1.54, 1.807) is 42.3 Å². The number of carbonyl (C=O) groups is 2. The van der Waals surface area contributed by atoms with Crippen LogP contribution in [-0.4, -0.2) is 88.8 Å². The summed E-state index contributed by atoms with van der Waals surface area (Å²) in [5.41, 5.74) is 6.28. The maximum absolute atomic E-state index is 11.1. The number of aliphatic imine (C=N–C) groups is 3. The molecule has 0 aromatic carbocycles. The zero-order valence-electron chi connectivity index (χ0n) is 54.9. The number of furan rings is 1. The zero-order valence-corrected chi connectivity index (χ0v) is 57.4. The minimum absolute atomic E-state index is 0.0818. The number of H-pyrrole nitrogens is 1. The van der Waals surface area contributed by atoms with Crippen LogP contribution < -0.4 is 31.7 Å². The van der Waals surface area contributed by atoms with Gasteiger partial charge in [-0.3, -0.25) is 14.4 Å². The molecule has 0 bridgehead atoms. The molecule has 0 atom stereocenters. The third-order valence-corrected chi connectivity index (χ3v) is 13.1. The summed E-state index contributed by atoms with van der Waals surface area (Å²) in [6, 6.07) is 3.44. The molecule has 3 aliphatic rings. The molecule has 87 heavy (non-hydrogen) atoms. The first-order chi connectivity index (χ1) is 40.5. The second-order valence-corrected chi connectivity index (χ2v) is 24.3. The van der Waals surface area contributed by atoms with E-state index < -0.39 is 0 Å². The van der Waals surface area contributed by atoms with Crippen molar-refractivity contribution in [2.45, 2.75) is 168 Å². The van der Waals surface area contributed by atoms with Crippen LogP contribution in [0.25, 0.3) is 0 Å². The van der Waals surface area contributed by atoms with Gasteiger partial charge < -0.3 is 54.3 Å². The van der Waals surface area contributed by atoms with Gasteiger partial charge >= 0.3 is 0 Å². The zero-order chi connectivity index (χ0) is 67.3. The third kappa shape index (κ3) is 36.2. The van der Waals surface area contributed by atoms with E-state index in [0.717, 1.165) is 46.1 Å². The molecule has 0 unspecified atom stereocenters.